The number of nitrogens with zero attached hydrogens (tertiary/aromatic N) is 8. The van der Waals surface area contributed by atoms with E-state index < -0.39 is 141 Å². The van der Waals surface area contributed by atoms with E-state index in [1.807, 2.05) is 4.98 Å². The third kappa shape index (κ3) is 11.7. The molecule has 3 aliphatic heterocycles. The van der Waals surface area contributed by atoms with Crippen LogP contribution in [0.15, 0.2) is 45.6 Å². The zero-order valence-corrected chi connectivity index (χ0v) is 41.8. The summed E-state index contributed by atoms with van der Waals surface area (Å²) in [5.74, 6) is -1.37. The highest BCUT2D eigenvalue weighted by molar-refractivity contribution is 7.66. The van der Waals surface area contributed by atoms with Gasteiger partial charge in [-0.2, -0.15) is 8.62 Å². The Morgan fingerprint density at radius 1 is 0.797 bits per heavy atom. The zero-order valence-electron chi connectivity index (χ0n) is 38.2. The Bertz CT molecular complexity index is 3270. The van der Waals surface area contributed by atoms with Crippen LogP contribution in [-0.2, 0) is 71.2 Å². The number of aromatic nitrogens is 10. The molecular weight excluding hydrogens is 1090 g/mol. The normalized spacial score (nSPS) is 30.6. The van der Waals surface area contributed by atoms with Gasteiger partial charge in [0, 0.05) is 32.4 Å². The number of ether oxygens (including phenoxy) is 5. The summed E-state index contributed by atoms with van der Waals surface area (Å²) in [5, 5.41) is 34.8. The van der Waals surface area contributed by atoms with Crippen molar-refractivity contribution < 1.29 is 104 Å². The number of hydrogen-bond acceptors (Lipinski definition) is 26. The van der Waals surface area contributed by atoms with Gasteiger partial charge >= 0.3 is 42.6 Å². The summed E-state index contributed by atoms with van der Waals surface area (Å²) >= 11 is 0. The first kappa shape index (κ1) is 55.6. The smallest absolute Gasteiger partial charge is 0.387 e. The molecule has 74 heavy (non-hydrogen) atoms. The predicted molar refractivity (Wildman–Crippen MR) is 239 cm³/mol. The molecule has 6 unspecified atom stereocenters. The van der Waals surface area contributed by atoms with Gasteiger partial charge in [0.05, 0.1) is 51.9 Å². The number of phosphoric acid groups is 3. The van der Waals surface area contributed by atoms with Gasteiger partial charge in [-0.05, 0) is 0 Å². The summed E-state index contributed by atoms with van der Waals surface area (Å²) in [7, 11) is -19.2. The highest BCUT2D eigenvalue weighted by Gasteiger charge is 2.53. The SMILES string of the molecule is COC[C@H]1[C@@H](O)[C@H]([n+]2cn(C)c3c(=O)[nH]c(N)nc32)O[C@@H]1COP(=O)(O)OP(=O)(O)OP(=O)(O)OCC1O[C@@H](n2cnc3c(N)ncnc32)[C@H](OC)C1NP(=O)(O)OC[C@H]1O[C@@H](n2ccc(=O)[nH]c2=O)[C@H](O)[C@@H]1O. The van der Waals surface area contributed by atoms with E-state index in [2.05, 4.69) is 38.6 Å². The number of anilines is 2. The molecule has 0 amide bonds. The number of fused-ring (bicyclic) bond motifs is 2. The average Bonchev–Trinajstić information content (AvgIpc) is 4.10. The van der Waals surface area contributed by atoms with Crippen LogP contribution >= 0.6 is 31.2 Å². The Morgan fingerprint density at radius 2 is 1.46 bits per heavy atom. The van der Waals surface area contributed by atoms with Gasteiger partial charge in [0.1, 0.15) is 48.5 Å². The molecule has 37 nitrogen and oxygen atoms in total. The fraction of sp³-hybridized carbons (Fsp3) is 0.576. The molecule has 16 atom stereocenters. The molecule has 0 radical (unpaired) electrons. The number of phosphoric ester groups is 2. The van der Waals surface area contributed by atoms with Crippen LogP contribution in [0.4, 0.5) is 11.8 Å². The van der Waals surface area contributed by atoms with Crippen molar-refractivity contribution >= 4 is 65.3 Å². The minimum atomic E-state index is -6.16. The molecule has 0 spiro atoms. The Kier molecular flexibility index (Phi) is 16.1. The van der Waals surface area contributed by atoms with Crippen LogP contribution in [0.25, 0.3) is 22.3 Å². The number of hydrogen-bond donors (Lipinski definition) is 12. The van der Waals surface area contributed by atoms with E-state index in [9.17, 15) is 67.5 Å². The number of aryl methyl sites for hydroxylation is 1. The van der Waals surface area contributed by atoms with Crippen molar-refractivity contribution in [3.05, 3.63) is 62.4 Å². The average molecular weight is 1130 g/mol. The maximum atomic E-state index is 13.7. The Hall–Kier alpha value is -4.62. The fourth-order valence-corrected chi connectivity index (χ4v) is 13.0. The molecule has 0 aliphatic carbocycles. The molecule has 8 heterocycles. The molecule has 0 bridgehead atoms. The second-order valence-electron chi connectivity index (χ2n) is 16.5. The standard InChI is InChI=1S/C33H47N13O24P4/c1-43-12-46(27-20(43)28(51)41-32(35)40-27)29-21(48)13(6-61-2)14(66-29)7-64-72(55,56)69-74(59,60)70-73(57,58)65-8-15-18(24(62-3)31(67-15)45-11-38-19-25(34)36-10-37-26(19)45)42-71(53,54)63-9-16-22(49)23(50)30(68-16)44-5-4-17(47)39-33(44)52/h4-5,10-16,18,21-24,29-31,48-50H,6-9H2,1-3H3,(H10-,34,35,36,37,39,40,41,42,47,51,52,53,54,55,56,57,58,59,60)/p+1/t13-,14-,15?,16-,18?,21-,22-,23-,24-,29-,30-,31-/m1/s1. The summed E-state index contributed by atoms with van der Waals surface area (Å²) in [6, 6.07) is -0.716. The number of methoxy groups -OCH3 is 2. The maximum absolute atomic E-state index is 13.7. The van der Waals surface area contributed by atoms with Gasteiger partial charge in [-0.15, -0.1) is 0 Å². The van der Waals surface area contributed by atoms with Crippen LogP contribution in [-0.4, -0.2) is 168 Å². The molecule has 3 aliphatic rings. The van der Waals surface area contributed by atoms with E-state index in [1.165, 1.54) is 40.5 Å². The first-order valence-corrected chi connectivity index (χ1v) is 27.3. The highest BCUT2D eigenvalue weighted by Crippen LogP contribution is 2.68. The number of aromatic amines is 2. The van der Waals surface area contributed by atoms with Crippen LogP contribution in [0.5, 0.6) is 0 Å². The molecule has 0 aromatic carbocycles. The van der Waals surface area contributed by atoms with Crippen molar-refractivity contribution in [2.24, 2.45) is 13.0 Å². The molecular formula is C33H48N13O24P4+. The molecule has 0 saturated carbocycles. The van der Waals surface area contributed by atoms with Crippen LogP contribution in [0, 0.1) is 5.92 Å². The third-order valence-electron chi connectivity index (χ3n) is 11.6. The van der Waals surface area contributed by atoms with Crippen molar-refractivity contribution in [2.75, 3.05) is 52.1 Å². The van der Waals surface area contributed by atoms with Crippen molar-refractivity contribution in [3.63, 3.8) is 0 Å². The monoisotopic (exact) mass is 1130 g/mol. The molecule has 14 N–H and O–H groups in total. The van der Waals surface area contributed by atoms with Crippen molar-refractivity contribution in [1.82, 2.24) is 48.7 Å². The van der Waals surface area contributed by atoms with Crippen LogP contribution in [0.3, 0.4) is 0 Å². The van der Waals surface area contributed by atoms with E-state index in [4.69, 9.17) is 48.7 Å². The number of imidazole rings is 2. The summed E-state index contributed by atoms with van der Waals surface area (Å²) in [5.41, 5.74) is 9.37. The number of aliphatic hydroxyl groups excluding tert-OH is 3. The molecule has 408 valence electrons. The van der Waals surface area contributed by atoms with E-state index >= 15 is 0 Å². The van der Waals surface area contributed by atoms with E-state index in [-0.39, 0.29) is 40.7 Å². The van der Waals surface area contributed by atoms with Gasteiger partial charge in [-0.3, -0.25) is 46.8 Å². The highest BCUT2D eigenvalue weighted by atomic mass is 31.3. The number of H-pyrrole nitrogens is 2. The number of aliphatic hydroxyl groups is 3. The van der Waals surface area contributed by atoms with Gasteiger partial charge in [0.2, 0.25) is 11.7 Å². The number of nitrogens with one attached hydrogen (secondary N) is 3. The quantitative estimate of drug-likeness (QED) is 0.0244. The molecule has 3 saturated heterocycles. The topological polar surface area (TPSA) is 519 Å². The van der Waals surface area contributed by atoms with Crippen LogP contribution in [0.1, 0.15) is 18.7 Å². The van der Waals surface area contributed by atoms with Gasteiger partial charge in [-0.1, -0.05) is 4.98 Å². The molecule has 8 rings (SSSR count). The van der Waals surface area contributed by atoms with E-state index in [0.29, 0.717) is 0 Å². The van der Waals surface area contributed by atoms with Gasteiger partial charge in [0.15, 0.2) is 30.2 Å². The summed E-state index contributed by atoms with van der Waals surface area (Å²) in [6.45, 7) is -3.35. The Labute approximate surface area is 411 Å². The van der Waals surface area contributed by atoms with Crippen molar-refractivity contribution in [3.8, 4) is 0 Å². The lowest BCUT2D eigenvalue weighted by molar-refractivity contribution is -0.745. The van der Waals surface area contributed by atoms with Gasteiger partial charge in [-0.25, -0.2) is 47.7 Å². The predicted octanol–water partition coefficient (Wildman–Crippen LogP) is -4.40. The van der Waals surface area contributed by atoms with E-state index in [0.717, 1.165) is 30.3 Å². The van der Waals surface area contributed by atoms with E-state index in [1.54, 1.807) is 0 Å². The summed E-state index contributed by atoms with van der Waals surface area (Å²) < 4.78 is 109. The van der Waals surface area contributed by atoms with Crippen LogP contribution < -0.4 is 37.9 Å². The minimum Gasteiger partial charge on any atom is -0.387 e. The lowest BCUT2D eigenvalue weighted by Gasteiger charge is -2.27. The first-order chi connectivity index (χ1) is 34.7. The Balaban J connectivity index is 0.939. The summed E-state index contributed by atoms with van der Waals surface area (Å²) in [4.78, 5) is 99.6. The number of nitrogen functional groups attached to an aromatic ring is 2. The second-order valence-corrected chi connectivity index (χ2v) is 22.7. The van der Waals surface area contributed by atoms with Crippen molar-refractivity contribution in [2.45, 2.75) is 67.5 Å². The number of nitrogens with two attached hydrogens (primary N) is 2. The minimum absolute atomic E-state index is 0.0181. The lowest BCUT2D eigenvalue weighted by atomic mass is 9.99. The van der Waals surface area contributed by atoms with Crippen molar-refractivity contribution in [1.29, 1.82) is 0 Å². The fourth-order valence-electron chi connectivity index (χ4n) is 8.39. The molecule has 5 aromatic heterocycles. The lowest BCUT2D eigenvalue weighted by Crippen LogP contribution is -2.45. The Morgan fingerprint density at radius 3 is 2.12 bits per heavy atom. The van der Waals surface area contributed by atoms with Crippen LogP contribution in [0.2, 0.25) is 0 Å². The number of rotatable bonds is 21. The zero-order chi connectivity index (χ0) is 53.8. The molecule has 3 fully saturated rings. The summed E-state index contributed by atoms with van der Waals surface area (Å²) in [6.07, 6.45) is -10.9. The van der Waals surface area contributed by atoms with Gasteiger partial charge < -0.3 is 70.0 Å². The third-order valence-corrected chi connectivity index (χ3v) is 17.0. The largest absolute Gasteiger partial charge is 0.490 e. The van der Waals surface area contributed by atoms with Gasteiger partial charge in [0.25, 0.3) is 17.1 Å². The first-order valence-electron chi connectivity index (χ1n) is 21.2. The maximum Gasteiger partial charge on any atom is 0.490 e. The molecule has 5 aromatic rings. The second kappa shape index (κ2) is 21.4. The molecule has 41 heteroatoms.